The monoisotopic (exact) mass is 278 g/mol. The van der Waals surface area contributed by atoms with Gasteiger partial charge in [0.2, 0.25) is 0 Å². The van der Waals surface area contributed by atoms with Crippen LogP contribution in [0.25, 0.3) is 0 Å². The van der Waals surface area contributed by atoms with Crippen molar-refractivity contribution in [2.45, 2.75) is 6.92 Å². The van der Waals surface area contributed by atoms with E-state index < -0.39 is 11.7 Å². The minimum absolute atomic E-state index is 0.0371. The number of benzene rings is 2. The molecule has 3 nitrogen and oxygen atoms in total. The molecule has 5 heteroatoms. The predicted molar refractivity (Wildman–Crippen MR) is 75.0 cm³/mol. The molecular weight excluding hydrogens is 267 g/mol. The number of halogens is 2. The molecule has 98 valence electrons. The molecule has 0 saturated heterocycles. The summed E-state index contributed by atoms with van der Waals surface area (Å²) in [6.07, 6.45) is 0. The first-order valence-electron chi connectivity index (χ1n) is 5.60. The van der Waals surface area contributed by atoms with Crippen molar-refractivity contribution in [3.8, 4) is 0 Å². The number of hydrogen-bond acceptors (Lipinski definition) is 2. The van der Waals surface area contributed by atoms with Crippen LogP contribution < -0.4 is 11.1 Å². The number of carbonyl (C=O) groups excluding carboxylic acids is 1. The molecule has 2 rings (SSSR count). The van der Waals surface area contributed by atoms with Crippen molar-refractivity contribution >= 4 is 28.9 Å². The summed E-state index contributed by atoms with van der Waals surface area (Å²) in [7, 11) is 0. The molecule has 0 radical (unpaired) electrons. The second-order valence-electron chi connectivity index (χ2n) is 4.17. The van der Waals surface area contributed by atoms with Crippen molar-refractivity contribution < 1.29 is 9.18 Å². The molecule has 19 heavy (non-hydrogen) atoms. The average molecular weight is 279 g/mol. The van der Waals surface area contributed by atoms with E-state index in [-0.39, 0.29) is 5.56 Å². The van der Waals surface area contributed by atoms with Crippen molar-refractivity contribution in [2.75, 3.05) is 11.1 Å². The molecule has 3 N–H and O–H groups in total. The van der Waals surface area contributed by atoms with Crippen LogP contribution >= 0.6 is 11.6 Å². The molecule has 0 saturated carbocycles. The normalized spacial score (nSPS) is 10.3. The highest BCUT2D eigenvalue weighted by atomic mass is 35.5. The predicted octanol–water partition coefficient (Wildman–Crippen LogP) is 3.62. The van der Waals surface area contributed by atoms with Gasteiger partial charge in [-0.05, 0) is 42.8 Å². The summed E-state index contributed by atoms with van der Waals surface area (Å²) in [5.41, 5.74) is 7.15. The van der Waals surface area contributed by atoms with E-state index in [0.717, 1.165) is 5.56 Å². The SMILES string of the molecule is Cc1ccc(C(=O)Nc2cc(Cl)ccc2N)c(F)c1. The smallest absolute Gasteiger partial charge is 0.258 e. The molecule has 0 aliphatic rings. The summed E-state index contributed by atoms with van der Waals surface area (Å²) in [5, 5.41) is 2.98. The van der Waals surface area contributed by atoms with E-state index >= 15 is 0 Å². The Kier molecular flexibility index (Phi) is 3.71. The minimum Gasteiger partial charge on any atom is -0.397 e. The summed E-state index contributed by atoms with van der Waals surface area (Å²) in [5.74, 6) is -1.13. The highest BCUT2D eigenvalue weighted by Crippen LogP contribution is 2.24. The Morgan fingerprint density at radius 3 is 2.68 bits per heavy atom. The molecule has 0 spiro atoms. The number of anilines is 2. The van der Waals surface area contributed by atoms with E-state index in [4.69, 9.17) is 17.3 Å². The number of nitrogens with one attached hydrogen (secondary N) is 1. The first-order chi connectivity index (χ1) is 8.97. The lowest BCUT2D eigenvalue weighted by Crippen LogP contribution is -2.15. The lowest BCUT2D eigenvalue weighted by molar-refractivity contribution is 0.102. The van der Waals surface area contributed by atoms with Gasteiger partial charge in [-0.25, -0.2) is 4.39 Å². The maximum absolute atomic E-state index is 13.7. The molecule has 0 unspecified atom stereocenters. The van der Waals surface area contributed by atoms with Gasteiger partial charge in [-0.1, -0.05) is 17.7 Å². The van der Waals surface area contributed by atoms with Crippen LogP contribution in [0.15, 0.2) is 36.4 Å². The zero-order valence-corrected chi connectivity index (χ0v) is 11.0. The van der Waals surface area contributed by atoms with Crippen LogP contribution in [0.3, 0.4) is 0 Å². The van der Waals surface area contributed by atoms with Crippen LogP contribution in [0, 0.1) is 12.7 Å². The van der Waals surface area contributed by atoms with Gasteiger partial charge in [-0.2, -0.15) is 0 Å². The Morgan fingerprint density at radius 1 is 1.26 bits per heavy atom. The van der Waals surface area contributed by atoms with E-state index in [1.165, 1.54) is 18.2 Å². The number of carbonyl (C=O) groups is 1. The fraction of sp³-hybridized carbons (Fsp3) is 0.0714. The van der Waals surface area contributed by atoms with Gasteiger partial charge in [0.15, 0.2) is 0 Å². The molecule has 2 aromatic rings. The third kappa shape index (κ3) is 3.03. The molecule has 0 bridgehead atoms. The third-order valence-corrected chi connectivity index (χ3v) is 2.87. The lowest BCUT2D eigenvalue weighted by atomic mass is 10.1. The van der Waals surface area contributed by atoms with E-state index in [0.29, 0.717) is 16.4 Å². The highest BCUT2D eigenvalue weighted by Gasteiger charge is 2.13. The molecule has 0 atom stereocenters. The first kappa shape index (κ1) is 13.4. The number of aryl methyl sites for hydroxylation is 1. The van der Waals surface area contributed by atoms with Crippen LogP contribution in [-0.4, -0.2) is 5.91 Å². The molecular formula is C14H12ClFN2O. The zero-order chi connectivity index (χ0) is 14.0. The summed E-state index contributed by atoms with van der Waals surface area (Å²) in [6.45, 7) is 1.75. The summed E-state index contributed by atoms with van der Waals surface area (Å²) < 4.78 is 13.7. The number of nitrogen functional groups attached to an aromatic ring is 1. The lowest BCUT2D eigenvalue weighted by Gasteiger charge is -2.09. The highest BCUT2D eigenvalue weighted by molar-refractivity contribution is 6.31. The van der Waals surface area contributed by atoms with Crippen LogP contribution in [0.2, 0.25) is 5.02 Å². The molecule has 0 aliphatic heterocycles. The largest absolute Gasteiger partial charge is 0.397 e. The van der Waals surface area contributed by atoms with Gasteiger partial charge in [0.1, 0.15) is 5.82 Å². The Hall–Kier alpha value is -2.07. The Labute approximate surface area is 115 Å². The zero-order valence-electron chi connectivity index (χ0n) is 10.2. The molecule has 0 fully saturated rings. The maximum Gasteiger partial charge on any atom is 0.258 e. The molecule has 0 aliphatic carbocycles. The van der Waals surface area contributed by atoms with Gasteiger partial charge in [-0.15, -0.1) is 0 Å². The fourth-order valence-electron chi connectivity index (χ4n) is 1.63. The molecule has 0 heterocycles. The summed E-state index contributed by atoms with van der Waals surface area (Å²) in [4.78, 5) is 12.0. The van der Waals surface area contributed by atoms with Crippen LogP contribution in [0.4, 0.5) is 15.8 Å². The van der Waals surface area contributed by atoms with Gasteiger partial charge >= 0.3 is 0 Å². The van der Waals surface area contributed by atoms with Crippen molar-refractivity contribution in [2.24, 2.45) is 0 Å². The van der Waals surface area contributed by atoms with Crippen LogP contribution in [0.1, 0.15) is 15.9 Å². The Balaban J connectivity index is 2.28. The van der Waals surface area contributed by atoms with Crippen LogP contribution in [0.5, 0.6) is 0 Å². The van der Waals surface area contributed by atoms with E-state index in [9.17, 15) is 9.18 Å². The van der Waals surface area contributed by atoms with E-state index in [2.05, 4.69) is 5.32 Å². The van der Waals surface area contributed by atoms with E-state index in [1.54, 1.807) is 25.1 Å². The van der Waals surface area contributed by atoms with Gasteiger partial charge in [-0.3, -0.25) is 4.79 Å². The Bertz CT molecular complexity index is 643. The minimum atomic E-state index is -0.571. The van der Waals surface area contributed by atoms with E-state index in [1.807, 2.05) is 0 Å². The number of hydrogen-bond donors (Lipinski definition) is 2. The molecule has 1 amide bonds. The second kappa shape index (κ2) is 5.28. The quantitative estimate of drug-likeness (QED) is 0.824. The first-order valence-corrected chi connectivity index (χ1v) is 5.97. The summed E-state index contributed by atoms with van der Waals surface area (Å²) in [6, 6.07) is 9.10. The maximum atomic E-state index is 13.7. The van der Waals surface area contributed by atoms with Gasteiger partial charge in [0.25, 0.3) is 5.91 Å². The topological polar surface area (TPSA) is 55.1 Å². The molecule has 0 aromatic heterocycles. The van der Waals surface area contributed by atoms with Crippen molar-refractivity contribution in [1.29, 1.82) is 0 Å². The second-order valence-corrected chi connectivity index (χ2v) is 4.61. The van der Waals surface area contributed by atoms with Gasteiger partial charge in [0.05, 0.1) is 16.9 Å². The Morgan fingerprint density at radius 2 is 2.00 bits per heavy atom. The van der Waals surface area contributed by atoms with Crippen molar-refractivity contribution in [3.05, 3.63) is 58.4 Å². The summed E-state index contributed by atoms with van der Waals surface area (Å²) >= 11 is 5.82. The third-order valence-electron chi connectivity index (χ3n) is 2.63. The number of nitrogens with two attached hydrogens (primary N) is 1. The van der Waals surface area contributed by atoms with Gasteiger partial charge < -0.3 is 11.1 Å². The number of amides is 1. The van der Waals surface area contributed by atoms with Crippen LogP contribution in [-0.2, 0) is 0 Å². The average Bonchev–Trinajstić information content (AvgIpc) is 2.33. The van der Waals surface area contributed by atoms with Crippen molar-refractivity contribution in [1.82, 2.24) is 0 Å². The van der Waals surface area contributed by atoms with Gasteiger partial charge in [0, 0.05) is 5.02 Å². The fourth-order valence-corrected chi connectivity index (χ4v) is 1.80. The standard InChI is InChI=1S/C14H12ClFN2O/c1-8-2-4-10(11(16)6-8)14(19)18-13-7-9(15)3-5-12(13)17/h2-7H,17H2,1H3,(H,18,19). The van der Waals surface area contributed by atoms with Crippen molar-refractivity contribution in [3.63, 3.8) is 0 Å². The molecule has 2 aromatic carbocycles. The number of rotatable bonds is 2.